The molecule has 0 aromatic heterocycles. The van der Waals surface area contributed by atoms with Gasteiger partial charge >= 0.3 is 0 Å². The van der Waals surface area contributed by atoms with Crippen molar-refractivity contribution in [3.63, 3.8) is 0 Å². The van der Waals surface area contributed by atoms with Gasteiger partial charge in [-0.1, -0.05) is 135 Å². The summed E-state index contributed by atoms with van der Waals surface area (Å²) in [5, 5.41) is 0. The van der Waals surface area contributed by atoms with Gasteiger partial charge in [0, 0.05) is 0 Å². The maximum Gasteiger partial charge on any atom is -0.0274 e. The fraction of sp³-hybridized carbons (Fsp3) is 0.800. The van der Waals surface area contributed by atoms with Crippen molar-refractivity contribution < 1.29 is 0 Å². The van der Waals surface area contributed by atoms with Crippen molar-refractivity contribution in [3.8, 4) is 0 Å². The molecule has 0 atom stereocenters. The zero-order valence-electron chi connectivity index (χ0n) is 21.1. The van der Waals surface area contributed by atoms with E-state index in [4.69, 9.17) is 0 Å². The van der Waals surface area contributed by atoms with E-state index in [1.165, 1.54) is 135 Å². The average Bonchev–Trinajstić information content (AvgIpc) is 2.76. The molecule has 0 aliphatic carbocycles. The number of unbranched alkanes of at least 4 members (excludes halogenated alkanes) is 15. The minimum absolute atomic E-state index is 1.30. The van der Waals surface area contributed by atoms with Crippen LogP contribution in [0.2, 0.25) is 0 Å². The molecule has 0 nitrogen and oxygen atoms in total. The second-order valence-corrected chi connectivity index (χ2v) is 9.61. The fourth-order valence-electron chi connectivity index (χ4n) is 4.73. The highest BCUT2D eigenvalue weighted by Gasteiger charge is 2.08. The van der Waals surface area contributed by atoms with Crippen LogP contribution in [0.15, 0.2) is 18.2 Å². The minimum Gasteiger partial charge on any atom is -0.0654 e. The van der Waals surface area contributed by atoms with Gasteiger partial charge in [0.05, 0.1) is 0 Å². The molecule has 0 spiro atoms. The molecule has 0 aliphatic heterocycles. The molecule has 0 saturated heterocycles. The third-order valence-corrected chi connectivity index (χ3v) is 6.75. The van der Waals surface area contributed by atoms with Crippen molar-refractivity contribution in [2.45, 2.75) is 156 Å². The van der Waals surface area contributed by atoms with Crippen LogP contribution in [0.5, 0.6) is 0 Å². The Morgan fingerprint density at radius 2 is 0.767 bits per heavy atom. The quantitative estimate of drug-likeness (QED) is 0.175. The van der Waals surface area contributed by atoms with Crippen LogP contribution in [0.25, 0.3) is 0 Å². The lowest BCUT2D eigenvalue weighted by atomic mass is 9.90. The summed E-state index contributed by atoms with van der Waals surface area (Å²) in [5.74, 6) is 0. The molecule has 0 bridgehead atoms. The molecule has 0 heteroatoms. The second kappa shape index (κ2) is 20.1. The summed E-state index contributed by atoms with van der Waals surface area (Å²) in [6, 6.07) is 7.21. The van der Waals surface area contributed by atoms with Crippen LogP contribution >= 0.6 is 0 Å². The van der Waals surface area contributed by atoms with Gasteiger partial charge in [-0.25, -0.2) is 0 Å². The van der Waals surface area contributed by atoms with Crippen LogP contribution in [-0.4, -0.2) is 0 Å². The summed E-state index contributed by atoms with van der Waals surface area (Å²) in [6.07, 6.45) is 29.3. The minimum atomic E-state index is 1.30. The summed E-state index contributed by atoms with van der Waals surface area (Å²) < 4.78 is 0. The molecule has 1 aromatic carbocycles. The van der Waals surface area contributed by atoms with E-state index < -0.39 is 0 Å². The van der Waals surface area contributed by atoms with Gasteiger partial charge in [0.1, 0.15) is 0 Å². The standard InChI is InChI=1S/C30H54/c1-4-7-10-12-14-16-18-20-23-28-25-22-26-29(30(28)27-9-6-3)24-21-19-17-15-13-11-8-5-2/h22,25-26H,4-21,23-24,27H2,1-3H3. The molecule has 0 radical (unpaired) electrons. The number of benzene rings is 1. The van der Waals surface area contributed by atoms with Gasteiger partial charge in [0.15, 0.2) is 0 Å². The first-order valence-electron chi connectivity index (χ1n) is 13.9. The predicted molar refractivity (Wildman–Crippen MR) is 138 cm³/mol. The molecular weight excluding hydrogens is 360 g/mol. The molecule has 0 heterocycles. The Morgan fingerprint density at radius 1 is 0.400 bits per heavy atom. The van der Waals surface area contributed by atoms with Crippen molar-refractivity contribution in [1.29, 1.82) is 0 Å². The van der Waals surface area contributed by atoms with E-state index in [1.54, 1.807) is 16.7 Å². The lowest BCUT2D eigenvalue weighted by Crippen LogP contribution is -2.02. The van der Waals surface area contributed by atoms with Gasteiger partial charge < -0.3 is 0 Å². The van der Waals surface area contributed by atoms with Crippen molar-refractivity contribution in [3.05, 3.63) is 34.9 Å². The molecule has 30 heavy (non-hydrogen) atoms. The smallest absolute Gasteiger partial charge is 0.0274 e. The largest absolute Gasteiger partial charge is 0.0654 e. The van der Waals surface area contributed by atoms with E-state index >= 15 is 0 Å². The van der Waals surface area contributed by atoms with Crippen LogP contribution < -0.4 is 0 Å². The Morgan fingerprint density at radius 3 is 1.17 bits per heavy atom. The van der Waals surface area contributed by atoms with Crippen LogP contribution in [0.4, 0.5) is 0 Å². The highest BCUT2D eigenvalue weighted by molar-refractivity contribution is 5.36. The lowest BCUT2D eigenvalue weighted by molar-refractivity contribution is 0.572. The van der Waals surface area contributed by atoms with Crippen LogP contribution in [0.1, 0.15) is 153 Å². The molecule has 174 valence electrons. The normalized spacial score (nSPS) is 11.3. The molecule has 0 saturated carbocycles. The van der Waals surface area contributed by atoms with Gasteiger partial charge in [-0.05, 0) is 55.2 Å². The summed E-state index contributed by atoms with van der Waals surface area (Å²) >= 11 is 0. The Balaban J connectivity index is 2.38. The first-order chi connectivity index (χ1) is 14.8. The maximum atomic E-state index is 2.43. The Kier molecular flexibility index (Phi) is 18.3. The number of rotatable bonds is 21. The van der Waals surface area contributed by atoms with E-state index in [-0.39, 0.29) is 0 Å². The summed E-state index contributed by atoms with van der Waals surface area (Å²) in [4.78, 5) is 0. The number of hydrogen-bond donors (Lipinski definition) is 0. The average molecular weight is 415 g/mol. The molecule has 0 N–H and O–H groups in total. The van der Waals surface area contributed by atoms with E-state index in [0.29, 0.717) is 0 Å². The van der Waals surface area contributed by atoms with Crippen molar-refractivity contribution in [2.75, 3.05) is 0 Å². The fourth-order valence-corrected chi connectivity index (χ4v) is 4.73. The van der Waals surface area contributed by atoms with Crippen LogP contribution in [0, 0.1) is 0 Å². The van der Waals surface area contributed by atoms with Crippen molar-refractivity contribution in [2.24, 2.45) is 0 Å². The van der Waals surface area contributed by atoms with Gasteiger partial charge in [0.25, 0.3) is 0 Å². The van der Waals surface area contributed by atoms with Crippen LogP contribution in [-0.2, 0) is 19.3 Å². The molecular formula is C30H54. The van der Waals surface area contributed by atoms with Gasteiger partial charge in [-0.3, -0.25) is 0 Å². The summed E-state index contributed by atoms with van der Waals surface area (Å²) in [6.45, 7) is 6.94. The number of hydrogen-bond acceptors (Lipinski definition) is 0. The number of aryl methyl sites for hydroxylation is 2. The first kappa shape index (κ1) is 27.3. The highest BCUT2D eigenvalue weighted by atomic mass is 14.1. The topological polar surface area (TPSA) is 0 Å². The van der Waals surface area contributed by atoms with Crippen molar-refractivity contribution in [1.82, 2.24) is 0 Å². The molecule has 0 amide bonds. The predicted octanol–water partition coefficient (Wildman–Crippen LogP) is 10.4. The second-order valence-electron chi connectivity index (χ2n) is 9.61. The van der Waals surface area contributed by atoms with Gasteiger partial charge in [-0.15, -0.1) is 0 Å². The van der Waals surface area contributed by atoms with E-state index in [1.807, 2.05) is 0 Å². The Labute approximate surface area is 190 Å². The molecule has 0 aliphatic rings. The van der Waals surface area contributed by atoms with E-state index in [2.05, 4.69) is 39.0 Å². The molecule has 0 unspecified atom stereocenters. The first-order valence-corrected chi connectivity index (χ1v) is 13.9. The Bertz CT molecular complexity index is 449. The third kappa shape index (κ3) is 13.5. The highest BCUT2D eigenvalue weighted by Crippen LogP contribution is 2.23. The van der Waals surface area contributed by atoms with Gasteiger partial charge in [-0.2, -0.15) is 0 Å². The van der Waals surface area contributed by atoms with E-state index in [9.17, 15) is 0 Å². The summed E-state index contributed by atoms with van der Waals surface area (Å²) in [7, 11) is 0. The summed E-state index contributed by atoms with van der Waals surface area (Å²) in [5.41, 5.74) is 5.07. The lowest BCUT2D eigenvalue weighted by Gasteiger charge is -2.15. The van der Waals surface area contributed by atoms with E-state index in [0.717, 1.165) is 0 Å². The van der Waals surface area contributed by atoms with Gasteiger partial charge in [0.2, 0.25) is 0 Å². The third-order valence-electron chi connectivity index (χ3n) is 6.75. The Hall–Kier alpha value is -0.780. The molecule has 0 fully saturated rings. The van der Waals surface area contributed by atoms with Crippen molar-refractivity contribution >= 4 is 0 Å². The molecule has 1 aromatic rings. The monoisotopic (exact) mass is 414 g/mol. The van der Waals surface area contributed by atoms with Crippen LogP contribution in [0.3, 0.4) is 0 Å². The maximum absolute atomic E-state index is 2.43. The zero-order chi connectivity index (χ0) is 21.7. The SMILES string of the molecule is CCCCCCCCCCc1cccc(CCCCCCCCCC)c1CCCC. The molecule has 1 rings (SSSR count). The zero-order valence-corrected chi connectivity index (χ0v) is 21.1.